The van der Waals surface area contributed by atoms with Gasteiger partial charge in [0.15, 0.2) is 23.0 Å². The standard InChI is InChI=1S/C31H41N3O8/c1-3-4-12-33(13-6-11-32)27(35)17-34-16-22(21-14-25(38-2)30-26(15-21)40-19-42-30)28(31(36)37)23(34)10-9-20-7-5-8-24-29(20)41-18-39-24/h5,7-8,14-15,22-23,28H,3-4,6,9-13,16-19,32H2,1-2H3,(H,36,37)/t22-,23+,28-/m1/s1. The second-order valence-electron chi connectivity index (χ2n) is 11.0. The average molecular weight is 584 g/mol. The summed E-state index contributed by atoms with van der Waals surface area (Å²) in [5, 5.41) is 10.6. The number of hydrogen-bond acceptors (Lipinski definition) is 9. The van der Waals surface area contributed by atoms with E-state index in [1.54, 1.807) is 7.11 Å². The molecule has 228 valence electrons. The lowest BCUT2D eigenvalue weighted by molar-refractivity contribution is -0.143. The maximum absolute atomic E-state index is 13.7. The average Bonchev–Trinajstić information content (AvgIpc) is 3.74. The Hall–Kier alpha value is -3.70. The van der Waals surface area contributed by atoms with Crippen LogP contribution < -0.4 is 29.4 Å². The number of fused-ring (bicyclic) bond motifs is 2. The number of methoxy groups -OCH3 is 1. The van der Waals surface area contributed by atoms with Gasteiger partial charge in [0.1, 0.15) is 0 Å². The van der Waals surface area contributed by atoms with Gasteiger partial charge in [-0.15, -0.1) is 0 Å². The number of likely N-dealkylation sites (tertiary alicyclic amines) is 1. The van der Waals surface area contributed by atoms with E-state index < -0.39 is 23.8 Å². The number of carbonyl (C=O) groups is 2. The van der Waals surface area contributed by atoms with Crippen molar-refractivity contribution in [2.45, 2.75) is 51.0 Å². The molecule has 0 aromatic heterocycles. The maximum atomic E-state index is 13.7. The highest BCUT2D eigenvalue weighted by Gasteiger charge is 2.47. The Morgan fingerprint density at radius 1 is 1.07 bits per heavy atom. The number of nitrogens with zero attached hydrogens (tertiary/aromatic N) is 2. The number of carboxylic acid groups (broad SMARTS) is 1. The van der Waals surface area contributed by atoms with Crippen LogP contribution >= 0.6 is 0 Å². The zero-order valence-corrected chi connectivity index (χ0v) is 24.4. The van der Waals surface area contributed by atoms with Gasteiger partial charge in [-0.05, 0) is 61.6 Å². The van der Waals surface area contributed by atoms with Crippen molar-refractivity contribution in [1.29, 1.82) is 0 Å². The van der Waals surface area contributed by atoms with Gasteiger partial charge in [0.05, 0.1) is 19.6 Å². The van der Waals surface area contributed by atoms with E-state index in [1.165, 1.54) is 0 Å². The third-order valence-corrected chi connectivity index (χ3v) is 8.43. The molecule has 2 aromatic rings. The molecule has 1 fully saturated rings. The summed E-state index contributed by atoms with van der Waals surface area (Å²) < 4.78 is 28.0. The molecule has 2 aromatic carbocycles. The smallest absolute Gasteiger partial charge is 0.308 e. The number of hydrogen-bond donors (Lipinski definition) is 2. The first kappa shape index (κ1) is 29.8. The molecule has 11 nitrogen and oxygen atoms in total. The fraction of sp³-hybridized carbons (Fsp3) is 0.548. The van der Waals surface area contributed by atoms with Gasteiger partial charge >= 0.3 is 5.97 Å². The van der Waals surface area contributed by atoms with Gasteiger partial charge in [0.2, 0.25) is 25.2 Å². The minimum absolute atomic E-state index is 0.00714. The number of carboxylic acids is 1. The number of unbranched alkanes of at least 4 members (excludes halogenated alkanes) is 1. The fourth-order valence-corrected chi connectivity index (χ4v) is 6.31. The number of carbonyl (C=O) groups excluding carboxylic acids is 1. The molecule has 1 saturated heterocycles. The molecule has 42 heavy (non-hydrogen) atoms. The van der Waals surface area contributed by atoms with Crippen LogP contribution in [0.3, 0.4) is 0 Å². The zero-order chi connectivity index (χ0) is 29.6. The van der Waals surface area contributed by atoms with E-state index in [9.17, 15) is 14.7 Å². The third-order valence-electron chi connectivity index (χ3n) is 8.43. The van der Waals surface area contributed by atoms with Crippen LogP contribution in [0.15, 0.2) is 30.3 Å². The molecule has 1 amide bonds. The number of nitrogens with two attached hydrogens (primary N) is 1. The normalized spacial score (nSPS) is 20.6. The first-order valence-electron chi connectivity index (χ1n) is 14.7. The van der Waals surface area contributed by atoms with Crippen molar-refractivity contribution >= 4 is 11.9 Å². The fourth-order valence-electron chi connectivity index (χ4n) is 6.31. The predicted octanol–water partition coefficient (Wildman–Crippen LogP) is 3.23. The molecule has 11 heteroatoms. The van der Waals surface area contributed by atoms with Crippen LogP contribution in [0.2, 0.25) is 0 Å². The molecule has 0 saturated carbocycles. The molecular formula is C31H41N3O8. The molecule has 3 atom stereocenters. The molecule has 0 radical (unpaired) electrons. The predicted molar refractivity (Wildman–Crippen MR) is 154 cm³/mol. The van der Waals surface area contributed by atoms with Crippen LogP contribution in [0.1, 0.15) is 49.7 Å². The Morgan fingerprint density at radius 3 is 2.57 bits per heavy atom. The molecule has 3 aliphatic heterocycles. The Kier molecular flexibility index (Phi) is 9.58. The van der Waals surface area contributed by atoms with E-state index in [-0.39, 0.29) is 26.0 Å². The minimum atomic E-state index is -0.902. The van der Waals surface area contributed by atoms with Crippen molar-refractivity contribution in [2.75, 3.05) is 53.4 Å². The third kappa shape index (κ3) is 6.22. The highest BCUT2D eigenvalue weighted by atomic mass is 16.7. The molecule has 3 aliphatic rings. The van der Waals surface area contributed by atoms with E-state index in [4.69, 9.17) is 29.4 Å². The summed E-state index contributed by atoms with van der Waals surface area (Å²) in [4.78, 5) is 30.5. The van der Waals surface area contributed by atoms with E-state index in [0.717, 1.165) is 30.4 Å². The van der Waals surface area contributed by atoms with Gasteiger partial charge < -0.3 is 39.4 Å². The van der Waals surface area contributed by atoms with Crippen LogP contribution in [0.25, 0.3) is 0 Å². The first-order chi connectivity index (χ1) is 20.4. The van der Waals surface area contributed by atoms with E-state index in [0.29, 0.717) is 67.8 Å². The van der Waals surface area contributed by atoms with Crippen molar-refractivity contribution < 1.29 is 38.4 Å². The SMILES string of the molecule is CCCCN(CCCN)C(=O)CN1C[C@H](c2cc(OC)c3c(c2)OCO3)[C@@H](C(=O)O)[C@@H]1CCc1cccc2c1OCO2. The van der Waals surface area contributed by atoms with Gasteiger partial charge in [-0.1, -0.05) is 25.5 Å². The molecule has 0 spiro atoms. The number of para-hydroxylation sites is 1. The lowest BCUT2D eigenvalue weighted by Gasteiger charge is -2.30. The van der Waals surface area contributed by atoms with Crippen molar-refractivity contribution in [3.05, 3.63) is 41.5 Å². The number of ether oxygens (including phenoxy) is 5. The quantitative estimate of drug-likeness (QED) is 0.342. The monoisotopic (exact) mass is 583 g/mol. The second-order valence-corrected chi connectivity index (χ2v) is 11.0. The lowest BCUT2D eigenvalue weighted by Crippen LogP contribution is -2.45. The van der Waals surface area contributed by atoms with Crippen molar-refractivity contribution in [3.8, 4) is 28.7 Å². The van der Waals surface area contributed by atoms with E-state index >= 15 is 0 Å². The molecule has 0 unspecified atom stereocenters. The van der Waals surface area contributed by atoms with Gasteiger partial charge in [0, 0.05) is 31.6 Å². The van der Waals surface area contributed by atoms with E-state index in [1.807, 2.05) is 40.1 Å². The molecule has 5 rings (SSSR count). The van der Waals surface area contributed by atoms with E-state index in [2.05, 4.69) is 6.92 Å². The van der Waals surface area contributed by atoms with Gasteiger partial charge in [-0.25, -0.2) is 0 Å². The van der Waals surface area contributed by atoms with Crippen LogP contribution in [-0.4, -0.2) is 86.2 Å². The summed E-state index contributed by atoms with van der Waals surface area (Å²) in [6, 6.07) is 9.04. The molecule has 0 aliphatic carbocycles. The van der Waals surface area contributed by atoms with Crippen molar-refractivity contribution in [2.24, 2.45) is 11.7 Å². The van der Waals surface area contributed by atoms with Gasteiger partial charge in [-0.2, -0.15) is 0 Å². The number of benzene rings is 2. The van der Waals surface area contributed by atoms with Crippen LogP contribution in [0.5, 0.6) is 28.7 Å². The Bertz CT molecular complexity index is 1260. The molecule has 3 N–H and O–H groups in total. The summed E-state index contributed by atoms with van der Waals surface area (Å²) in [7, 11) is 1.55. The Morgan fingerprint density at radius 2 is 1.83 bits per heavy atom. The van der Waals surface area contributed by atoms with Crippen LogP contribution in [0.4, 0.5) is 0 Å². The summed E-state index contributed by atoms with van der Waals surface area (Å²) in [5.74, 6) is 0.882. The Balaban J connectivity index is 1.45. The first-order valence-corrected chi connectivity index (χ1v) is 14.7. The number of aryl methyl sites for hydroxylation is 1. The Labute approximate surface area is 246 Å². The zero-order valence-electron chi connectivity index (χ0n) is 24.4. The summed E-state index contributed by atoms with van der Waals surface area (Å²) in [5.41, 5.74) is 7.50. The summed E-state index contributed by atoms with van der Waals surface area (Å²) in [6.45, 7) is 4.63. The summed E-state index contributed by atoms with van der Waals surface area (Å²) in [6.07, 6.45) is 3.70. The van der Waals surface area contributed by atoms with Crippen LogP contribution in [-0.2, 0) is 16.0 Å². The van der Waals surface area contributed by atoms with Crippen molar-refractivity contribution in [3.63, 3.8) is 0 Å². The topological polar surface area (TPSA) is 133 Å². The van der Waals surface area contributed by atoms with Gasteiger partial charge in [0.25, 0.3) is 0 Å². The van der Waals surface area contributed by atoms with Crippen molar-refractivity contribution in [1.82, 2.24) is 9.80 Å². The summed E-state index contributed by atoms with van der Waals surface area (Å²) >= 11 is 0. The number of aliphatic carboxylic acids is 1. The largest absolute Gasteiger partial charge is 0.493 e. The lowest BCUT2D eigenvalue weighted by atomic mass is 9.83. The maximum Gasteiger partial charge on any atom is 0.308 e. The molecular weight excluding hydrogens is 542 g/mol. The highest BCUT2D eigenvalue weighted by molar-refractivity contribution is 5.79. The molecule has 0 bridgehead atoms. The molecule has 3 heterocycles. The van der Waals surface area contributed by atoms with Crippen LogP contribution in [0, 0.1) is 5.92 Å². The number of rotatable bonds is 14. The number of amides is 1. The minimum Gasteiger partial charge on any atom is -0.493 e. The van der Waals surface area contributed by atoms with Gasteiger partial charge in [-0.3, -0.25) is 14.5 Å². The second kappa shape index (κ2) is 13.5. The highest BCUT2D eigenvalue weighted by Crippen LogP contribution is 2.47.